The second kappa shape index (κ2) is 8.90. The Balaban J connectivity index is 1.72. The molecule has 2 aromatic carbocycles. The van der Waals surface area contributed by atoms with Crippen molar-refractivity contribution in [1.29, 1.82) is 0 Å². The Morgan fingerprint density at radius 1 is 0.970 bits per heavy atom. The molecular formula is C27H26N4O2. The highest BCUT2D eigenvalue weighted by Gasteiger charge is 2.23. The topological polar surface area (TPSA) is 76.0 Å². The molecule has 2 aromatic heterocycles. The molecule has 33 heavy (non-hydrogen) atoms. The van der Waals surface area contributed by atoms with Gasteiger partial charge in [0.05, 0.1) is 10.9 Å². The zero-order valence-electron chi connectivity index (χ0n) is 18.5. The summed E-state index contributed by atoms with van der Waals surface area (Å²) in [5.41, 5.74) is 2.99. The highest BCUT2D eigenvalue weighted by molar-refractivity contribution is 6.06. The van der Waals surface area contributed by atoms with Gasteiger partial charge in [0, 0.05) is 29.2 Å². The summed E-state index contributed by atoms with van der Waals surface area (Å²) in [5.74, 6) is 0.378. The van der Waals surface area contributed by atoms with Crippen LogP contribution in [0.15, 0.2) is 77.6 Å². The second-order valence-electron chi connectivity index (χ2n) is 8.52. The number of carbonyl (C=O) groups is 1. The molecule has 0 atom stereocenters. The molecule has 0 saturated heterocycles. The van der Waals surface area contributed by atoms with Crippen LogP contribution in [0.4, 0.5) is 11.5 Å². The van der Waals surface area contributed by atoms with Crippen LogP contribution < -0.4 is 16.1 Å². The van der Waals surface area contributed by atoms with E-state index in [0.717, 1.165) is 37.1 Å². The van der Waals surface area contributed by atoms with Crippen LogP contribution in [0.3, 0.4) is 0 Å². The number of para-hydroxylation sites is 2. The first-order valence-electron chi connectivity index (χ1n) is 11.4. The molecule has 4 aromatic rings. The largest absolute Gasteiger partial charge is 0.349 e. The maximum atomic E-state index is 13.4. The number of aryl methyl sites for hydroxylation is 1. The van der Waals surface area contributed by atoms with E-state index in [1.165, 1.54) is 0 Å². The Morgan fingerprint density at radius 2 is 1.64 bits per heavy atom. The predicted molar refractivity (Wildman–Crippen MR) is 132 cm³/mol. The lowest BCUT2D eigenvalue weighted by Gasteiger charge is -2.20. The summed E-state index contributed by atoms with van der Waals surface area (Å²) in [4.78, 5) is 31.3. The van der Waals surface area contributed by atoms with Gasteiger partial charge in [-0.2, -0.15) is 0 Å². The van der Waals surface area contributed by atoms with E-state index in [0.29, 0.717) is 28.1 Å². The monoisotopic (exact) mass is 438 g/mol. The molecule has 166 valence electrons. The Kier molecular flexibility index (Phi) is 5.65. The van der Waals surface area contributed by atoms with Gasteiger partial charge >= 0.3 is 0 Å². The molecule has 1 saturated carbocycles. The molecule has 2 N–H and O–H groups in total. The number of fused-ring (bicyclic) bond motifs is 1. The molecule has 0 bridgehead atoms. The number of pyridine rings is 2. The van der Waals surface area contributed by atoms with E-state index >= 15 is 0 Å². The van der Waals surface area contributed by atoms with Crippen molar-refractivity contribution in [1.82, 2.24) is 14.9 Å². The molecule has 6 heteroatoms. The SMILES string of the molecule is Cc1cc(C(=O)NC2CCCC2)c2c(=O)cc(Nc3ccccc3)n(-c3ccccc3)c2n1. The zero-order valence-corrected chi connectivity index (χ0v) is 18.5. The molecule has 0 aliphatic heterocycles. The summed E-state index contributed by atoms with van der Waals surface area (Å²) in [7, 11) is 0. The van der Waals surface area contributed by atoms with E-state index in [9.17, 15) is 9.59 Å². The predicted octanol–water partition coefficient (Wildman–Crippen LogP) is 5.11. The minimum atomic E-state index is -0.236. The normalized spacial score (nSPS) is 13.8. The average molecular weight is 439 g/mol. The van der Waals surface area contributed by atoms with Gasteiger partial charge in [-0.3, -0.25) is 14.2 Å². The molecule has 2 heterocycles. The van der Waals surface area contributed by atoms with Crippen molar-refractivity contribution in [3.8, 4) is 5.69 Å². The van der Waals surface area contributed by atoms with Crippen LogP contribution in [0.2, 0.25) is 0 Å². The molecule has 1 fully saturated rings. The Hall–Kier alpha value is -3.93. The maximum absolute atomic E-state index is 13.4. The number of aromatic nitrogens is 2. The summed E-state index contributed by atoms with van der Waals surface area (Å²) in [6.45, 7) is 1.85. The van der Waals surface area contributed by atoms with Crippen LogP contribution in [0.5, 0.6) is 0 Å². The van der Waals surface area contributed by atoms with Crippen molar-refractivity contribution in [3.63, 3.8) is 0 Å². The number of nitrogens with zero attached hydrogens (tertiary/aromatic N) is 2. The molecule has 1 aliphatic carbocycles. The highest BCUT2D eigenvalue weighted by Crippen LogP contribution is 2.27. The van der Waals surface area contributed by atoms with Crippen molar-refractivity contribution >= 4 is 28.4 Å². The minimum absolute atomic E-state index is 0.163. The fourth-order valence-corrected chi connectivity index (χ4v) is 4.55. The van der Waals surface area contributed by atoms with E-state index in [4.69, 9.17) is 4.98 Å². The van der Waals surface area contributed by atoms with Gasteiger partial charge in [-0.1, -0.05) is 49.2 Å². The van der Waals surface area contributed by atoms with Crippen LogP contribution in [0.1, 0.15) is 41.7 Å². The van der Waals surface area contributed by atoms with Crippen LogP contribution in [0, 0.1) is 6.92 Å². The lowest BCUT2D eigenvalue weighted by Crippen LogP contribution is -2.33. The maximum Gasteiger partial charge on any atom is 0.252 e. The first kappa shape index (κ1) is 20.9. The van der Waals surface area contributed by atoms with E-state index in [1.807, 2.05) is 72.2 Å². The number of carbonyl (C=O) groups excluding carboxylic acids is 1. The smallest absolute Gasteiger partial charge is 0.252 e. The molecule has 1 aliphatic rings. The summed E-state index contributed by atoms with van der Waals surface area (Å²) in [6, 6.07) is 22.9. The number of amides is 1. The Labute approximate surface area is 192 Å². The van der Waals surface area contributed by atoms with Crippen molar-refractivity contribution in [2.75, 3.05) is 5.32 Å². The van der Waals surface area contributed by atoms with Crippen LogP contribution in [-0.2, 0) is 0 Å². The van der Waals surface area contributed by atoms with Gasteiger partial charge in [0.15, 0.2) is 11.1 Å². The summed E-state index contributed by atoms with van der Waals surface area (Å²) in [5, 5.41) is 6.81. The molecule has 6 nitrogen and oxygen atoms in total. The number of rotatable bonds is 5. The average Bonchev–Trinajstić information content (AvgIpc) is 3.33. The zero-order chi connectivity index (χ0) is 22.8. The summed E-state index contributed by atoms with van der Waals surface area (Å²) < 4.78 is 1.91. The van der Waals surface area contributed by atoms with Crippen molar-refractivity contribution < 1.29 is 4.79 Å². The van der Waals surface area contributed by atoms with Crippen LogP contribution in [-0.4, -0.2) is 21.5 Å². The van der Waals surface area contributed by atoms with Crippen LogP contribution >= 0.6 is 0 Å². The van der Waals surface area contributed by atoms with Gasteiger partial charge < -0.3 is 10.6 Å². The number of hydrogen-bond donors (Lipinski definition) is 2. The van der Waals surface area contributed by atoms with Crippen molar-refractivity contribution in [2.45, 2.75) is 38.6 Å². The third-order valence-electron chi connectivity index (χ3n) is 6.09. The second-order valence-corrected chi connectivity index (χ2v) is 8.52. The van der Waals surface area contributed by atoms with Crippen molar-refractivity contribution in [2.24, 2.45) is 0 Å². The standard InChI is InChI=1S/C27H26N4O2/c1-18-16-22(27(33)30-20-12-8-9-13-20)25-23(32)17-24(29-19-10-4-2-5-11-19)31(26(25)28-18)21-14-6-3-7-15-21/h2-7,10-11,14-17,20,29H,8-9,12-13H2,1H3,(H,30,33). The number of benzene rings is 2. The summed E-state index contributed by atoms with van der Waals surface area (Å²) in [6.07, 6.45) is 4.20. The Bertz CT molecular complexity index is 1360. The van der Waals surface area contributed by atoms with E-state index in [1.54, 1.807) is 12.1 Å². The third kappa shape index (κ3) is 4.24. The van der Waals surface area contributed by atoms with Crippen molar-refractivity contribution in [3.05, 3.63) is 94.3 Å². The van der Waals surface area contributed by atoms with Gasteiger partial charge in [-0.25, -0.2) is 4.98 Å². The van der Waals surface area contributed by atoms with Crippen LogP contribution in [0.25, 0.3) is 16.7 Å². The van der Waals surface area contributed by atoms with Gasteiger partial charge in [0.2, 0.25) is 0 Å². The fraction of sp³-hybridized carbons (Fsp3) is 0.222. The molecule has 0 unspecified atom stereocenters. The quantitative estimate of drug-likeness (QED) is 0.454. The molecule has 5 rings (SSSR count). The molecule has 0 spiro atoms. The van der Waals surface area contributed by atoms with Gasteiger partial charge in [-0.05, 0) is 50.1 Å². The Morgan fingerprint density at radius 3 is 2.33 bits per heavy atom. The molecule has 1 amide bonds. The minimum Gasteiger partial charge on any atom is -0.349 e. The number of hydrogen-bond acceptors (Lipinski definition) is 4. The number of nitrogens with one attached hydrogen (secondary N) is 2. The third-order valence-corrected chi connectivity index (χ3v) is 6.09. The lowest BCUT2D eigenvalue weighted by molar-refractivity contribution is 0.0939. The van der Waals surface area contributed by atoms with Gasteiger partial charge in [-0.15, -0.1) is 0 Å². The number of anilines is 2. The molecule has 0 radical (unpaired) electrons. The van der Waals surface area contributed by atoms with E-state index in [-0.39, 0.29) is 17.4 Å². The van der Waals surface area contributed by atoms with E-state index in [2.05, 4.69) is 10.6 Å². The molecular weight excluding hydrogens is 412 g/mol. The lowest BCUT2D eigenvalue weighted by atomic mass is 10.1. The first-order chi connectivity index (χ1) is 16.1. The van der Waals surface area contributed by atoms with Gasteiger partial charge in [0.1, 0.15) is 5.82 Å². The fourth-order valence-electron chi connectivity index (χ4n) is 4.55. The highest BCUT2D eigenvalue weighted by atomic mass is 16.2. The summed E-state index contributed by atoms with van der Waals surface area (Å²) >= 11 is 0. The van der Waals surface area contributed by atoms with Gasteiger partial charge in [0.25, 0.3) is 5.91 Å². The first-order valence-corrected chi connectivity index (χ1v) is 11.4. The van der Waals surface area contributed by atoms with E-state index < -0.39 is 0 Å².